The number of rotatable bonds is 14. The summed E-state index contributed by atoms with van der Waals surface area (Å²) in [5.74, 6) is -6.12. The first-order valence-corrected chi connectivity index (χ1v) is 32.9. The molecule has 0 saturated carbocycles. The number of aromatic nitrogens is 8. The first kappa shape index (κ1) is 94.5. The number of aliphatic hydroxyl groups excluding tert-OH is 6. The fraction of sp³-hybridized carbons (Fsp3) is 0.621. The zero-order chi connectivity index (χ0) is 80.5. The van der Waals surface area contributed by atoms with Gasteiger partial charge in [-0.2, -0.15) is 43.9 Å². The minimum absolute atomic E-state index is 0. The number of nitrogens with two attached hydrogens (primary N) is 1. The van der Waals surface area contributed by atoms with E-state index in [0.29, 0.717) is 23.0 Å². The number of carbonyl (C=O) groups excluding carboxylic acids is 4. The molecule has 51 heteroatoms. The molecule has 4 unspecified atom stereocenters. The van der Waals surface area contributed by atoms with Crippen LogP contribution in [-0.4, -0.2) is 227 Å². The summed E-state index contributed by atoms with van der Waals surface area (Å²) in [4.78, 5) is 95.9. The van der Waals surface area contributed by atoms with E-state index in [4.69, 9.17) is 128 Å². The van der Waals surface area contributed by atoms with Gasteiger partial charge in [0, 0.05) is 55.5 Å². The number of halogens is 11. The van der Waals surface area contributed by atoms with Gasteiger partial charge in [-0.25, -0.2) is 9.59 Å². The van der Waals surface area contributed by atoms with Gasteiger partial charge in [-0.1, -0.05) is 7.43 Å². The molecule has 612 valence electrons. The fourth-order valence-corrected chi connectivity index (χ4v) is 12.3. The van der Waals surface area contributed by atoms with Gasteiger partial charge in [0.25, 0.3) is 22.2 Å². The molecule has 7 aliphatic rings. The molecule has 16 atom stereocenters. The summed E-state index contributed by atoms with van der Waals surface area (Å²) >= 11 is 26.2. The molecule has 0 spiro atoms. The monoisotopic (exact) mass is 1680 g/mol. The number of amides is 2. The number of ether oxygens (including phenoxy) is 10. The SMILES string of the molecule is C.CC1(C)OC2[C@@H](CO)O[C@@H](n3cc(CCl)c(=O)[nH]c3=S)[C@H]2O1.CC1(C)OC2[C@@H](CO)O[C@@H](n3cc(CN)c(=O)[nH]c3=S)[C@H]2O1.CC1(C)OC2[C@@H](CO)O[C@@H](n3cc(CNC(=O)C(F)(F)F)c(=O)[nH]c3=S)[C@H]2O1.O.O=C(NCc1cn([C@@H]2O[C@H](CO)C(O)[C@@H]2O)c(=S)[nH]c1=O)C(F)(F)F.O=C=C(F)F.O=C=C(F)F. The standard InChI is InChI=1S/C15H18F3N3O6S.C13H17ClN2O5S.C13H19N3O5S.C12H14F3N3O6S.2C2F2O.CH4.H2O/c1-14(2)26-8-7(5-22)25-11(9(8)27-14)21-4-6(10(23)20-13(21)28)3-19-12(24)15(16,17)18;2*1-13(2)20-8-7(5-17)19-11(9(8)21-13)16-4-6(3-14)10(18)15-12(16)22;13-12(14,15)10(23)16-1-4-2-18(11(25)17-8(4)22)9-7(21)6(20)5(3-19)24-9;2*3-2(4)1-5;;/h4,7-9,11,22H,3,5H2,1-2H3,(H,19,24)(H,20,23,28);4,7-9,11,17H,3,5H2,1-2H3,(H,15,18,22);4,7-9,11,17H,3,5,14H2,1-2H3,(H,15,18,22);2,5-7,9,19-21H,1,3H2,(H,16,23)(H,17,22,25);;;1H4;1H2/t3*7-,8?,9+,11-;5-,6?,7+,9-;;;;/m1111..../s1. The molecule has 11 rings (SSSR count). The van der Waals surface area contributed by atoms with E-state index in [1.807, 2.05) is 0 Å². The van der Waals surface area contributed by atoms with Crippen LogP contribution in [-0.2, 0) is 92.1 Å². The van der Waals surface area contributed by atoms with Crippen molar-refractivity contribution in [1.29, 1.82) is 0 Å². The third-order valence-electron chi connectivity index (χ3n) is 15.6. The van der Waals surface area contributed by atoms with E-state index in [-0.39, 0.29) is 86.5 Å². The van der Waals surface area contributed by atoms with E-state index < -0.39 is 183 Å². The Bertz CT molecular complexity index is 4310. The van der Waals surface area contributed by atoms with Crippen molar-refractivity contribution < 1.29 is 147 Å². The number of hydrogen-bond acceptors (Lipinski definition) is 29. The second kappa shape index (κ2) is 39.0. The van der Waals surface area contributed by atoms with Crippen molar-refractivity contribution in [2.75, 3.05) is 26.4 Å². The second-order valence-electron chi connectivity index (χ2n) is 24.4. The molecule has 2 amide bonds. The predicted octanol–water partition coefficient (Wildman–Crippen LogP) is 1.03. The Morgan fingerprint density at radius 2 is 0.743 bits per heavy atom. The lowest BCUT2D eigenvalue weighted by atomic mass is 10.1. The number of aromatic amines is 4. The zero-order valence-corrected chi connectivity index (χ0v) is 60.4. The summed E-state index contributed by atoms with van der Waals surface area (Å²) in [5.41, 5.74) is 3.64. The number of nitrogens with zero attached hydrogens (tertiary/aromatic N) is 4. The molecule has 7 fully saturated rings. The molecule has 0 radical (unpaired) electrons. The van der Waals surface area contributed by atoms with Crippen LogP contribution in [0.15, 0.2) is 56.1 Å². The van der Waals surface area contributed by atoms with Crippen molar-refractivity contribution in [1.82, 2.24) is 48.8 Å². The lowest BCUT2D eigenvalue weighted by Crippen LogP contribution is -2.38. The molecule has 7 saturated heterocycles. The number of aliphatic hydroxyl groups is 6. The molecular formula is C58H74ClF10N11O25S4. The average molecular weight is 1680 g/mol. The number of nitrogens with one attached hydrogen (secondary N) is 6. The minimum atomic E-state index is -5.11. The summed E-state index contributed by atoms with van der Waals surface area (Å²) in [7, 11) is 0. The smallest absolute Gasteiger partial charge is 0.412 e. The third kappa shape index (κ3) is 23.6. The van der Waals surface area contributed by atoms with Crippen molar-refractivity contribution in [3.8, 4) is 0 Å². The Balaban J connectivity index is 0.000000293. The van der Waals surface area contributed by atoms with Crippen LogP contribution >= 0.6 is 60.5 Å². The van der Waals surface area contributed by atoms with Crippen molar-refractivity contribution in [2.24, 2.45) is 5.73 Å². The number of hydrogen-bond donors (Lipinski definition) is 13. The zero-order valence-electron chi connectivity index (χ0n) is 56.4. The lowest BCUT2D eigenvalue weighted by Gasteiger charge is -2.25. The molecule has 11 heterocycles. The van der Waals surface area contributed by atoms with Crippen molar-refractivity contribution in [3.05, 3.63) is 120 Å². The average Bonchev–Trinajstić information content (AvgIpc) is 1.61. The van der Waals surface area contributed by atoms with Crippen LogP contribution in [0.3, 0.4) is 0 Å². The van der Waals surface area contributed by atoms with E-state index >= 15 is 0 Å². The maximum atomic E-state index is 12.3. The molecule has 7 aliphatic heterocycles. The third-order valence-corrected chi connectivity index (χ3v) is 17.1. The highest BCUT2D eigenvalue weighted by molar-refractivity contribution is 7.71. The maximum Gasteiger partial charge on any atom is 0.471 e. The van der Waals surface area contributed by atoms with Crippen molar-refractivity contribution in [3.63, 3.8) is 0 Å². The number of H-pyrrole nitrogens is 4. The molecular weight excluding hydrogens is 1600 g/mol. The van der Waals surface area contributed by atoms with Crippen LogP contribution in [0.2, 0.25) is 0 Å². The van der Waals surface area contributed by atoms with Gasteiger partial charge < -0.3 is 99.9 Å². The molecule has 4 aromatic heterocycles. The maximum absolute atomic E-state index is 12.3. The summed E-state index contributed by atoms with van der Waals surface area (Å²) in [5, 5.41) is 60.4. The first-order chi connectivity index (χ1) is 49.7. The first-order valence-electron chi connectivity index (χ1n) is 30.7. The summed E-state index contributed by atoms with van der Waals surface area (Å²) in [6, 6.07) is 0. The predicted molar refractivity (Wildman–Crippen MR) is 357 cm³/mol. The summed E-state index contributed by atoms with van der Waals surface area (Å²) in [6.45, 7) is 7.87. The number of carbonyl (C=O) groups is 2. The lowest BCUT2D eigenvalue weighted by molar-refractivity contribution is -0.200. The highest BCUT2D eigenvalue weighted by atomic mass is 35.5. The van der Waals surface area contributed by atoms with Gasteiger partial charge in [0.15, 0.2) is 73.2 Å². The Labute approximate surface area is 631 Å². The Morgan fingerprint density at radius 1 is 0.495 bits per heavy atom. The van der Waals surface area contributed by atoms with E-state index in [1.54, 1.807) is 68.4 Å². The highest BCUT2D eigenvalue weighted by Crippen LogP contribution is 2.46. The molecule has 109 heavy (non-hydrogen) atoms. The molecule has 36 nitrogen and oxygen atoms in total. The van der Waals surface area contributed by atoms with Crippen LogP contribution in [0.1, 0.15) is 96.1 Å². The van der Waals surface area contributed by atoms with Gasteiger partial charge >= 0.3 is 36.3 Å². The molecule has 0 bridgehead atoms. The van der Waals surface area contributed by atoms with E-state index in [0.717, 1.165) is 10.8 Å². The van der Waals surface area contributed by atoms with Crippen molar-refractivity contribution in [2.45, 2.75) is 202 Å². The van der Waals surface area contributed by atoms with Gasteiger partial charge in [-0.3, -0.25) is 67.0 Å². The quantitative estimate of drug-likeness (QED) is 0.0363. The van der Waals surface area contributed by atoms with Crippen LogP contribution in [0, 0.1) is 19.1 Å². The number of fused-ring (bicyclic) bond motifs is 3. The minimum Gasteiger partial charge on any atom is -0.412 e. The topological polar surface area (TPSA) is 515 Å². The normalized spacial score (nSPS) is 27.4. The molecule has 16 N–H and O–H groups in total. The Hall–Kier alpha value is -6.89. The van der Waals surface area contributed by atoms with E-state index in [9.17, 15) is 98.2 Å². The largest absolute Gasteiger partial charge is 0.471 e. The Morgan fingerprint density at radius 3 is 1.00 bits per heavy atom. The number of alkyl halides is 7. The molecule has 0 aliphatic carbocycles. The summed E-state index contributed by atoms with van der Waals surface area (Å²) < 4.78 is 178. The highest BCUT2D eigenvalue weighted by Gasteiger charge is 2.59. The fourth-order valence-electron chi connectivity index (χ4n) is 11.1. The van der Waals surface area contributed by atoms with Gasteiger partial charge in [-0.05, 0) is 90.4 Å². The van der Waals surface area contributed by atoms with Crippen LogP contribution < -0.4 is 38.6 Å². The van der Waals surface area contributed by atoms with E-state index in [2.05, 4.69) is 19.9 Å². The van der Waals surface area contributed by atoms with Crippen molar-refractivity contribution >= 4 is 84.2 Å². The summed E-state index contributed by atoms with van der Waals surface area (Å²) in [6.07, 6.45) is -21.6. The van der Waals surface area contributed by atoms with Gasteiger partial charge in [0.1, 0.15) is 73.2 Å². The van der Waals surface area contributed by atoms with Crippen LogP contribution in [0.25, 0.3) is 0 Å². The molecule has 4 aromatic rings. The second-order valence-corrected chi connectivity index (χ2v) is 26.2. The molecule has 0 aromatic carbocycles. The van der Waals surface area contributed by atoms with Crippen LogP contribution in [0.5, 0.6) is 0 Å². The van der Waals surface area contributed by atoms with Crippen LogP contribution in [0.4, 0.5) is 43.9 Å². The van der Waals surface area contributed by atoms with E-state index in [1.165, 1.54) is 16.1 Å². The van der Waals surface area contributed by atoms with Gasteiger partial charge in [0.05, 0.1) is 43.4 Å². The van der Waals surface area contributed by atoms with Gasteiger partial charge in [0.2, 0.25) is 0 Å². The Kier molecular flexibility index (Phi) is 33.8. The van der Waals surface area contributed by atoms with Gasteiger partial charge in [-0.15, -0.1) is 11.6 Å².